The Morgan fingerprint density at radius 1 is 1.15 bits per heavy atom. The number of rotatable bonds is 5. The molecule has 1 amide bonds. The molecule has 1 fully saturated rings. The molecule has 26 heavy (non-hydrogen) atoms. The van der Waals surface area contributed by atoms with Crippen molar-refractivity contribution in [2.45, 2.75) is 30.8 Å². The van der Waals surface area contributed by atoms with Gasteiger partial charge in [0.2, 0.25) is 5.91 Å². The molecule has 0 aliphatic carbocycles. The van der Waals surface area contributed by atoms with E-state index >= 15 is 0 Å². The molecule has 4 nitrogen and oxygen atoms in total. The monoisotopic (exact) mass is 378 g/mol. The van der Waals surface area contributed by atoms with E-state index in [0.29, 0.717) is 26.1 Å². The first kappa shape index (κ1) is 20.4. The summed E-state index contributed by atoms with van der Waals surface area (Å²) >= 11 is 0. The topological polar surface area (TPSA) is 64.4 Å². The van der Waals surface area contributed by atoms with Crippen molar-refractivity contribution in [1.82, 2.24) is 5.32 Å². The third-order valence-corrected chi connectivity index (χ3v) is 4.74. The summed E-state index contributed by atoms with van der Waals surface area (Å²) in [5.74, 6) is -0.443. The Morgan fingerprint density at radius 3 is 2.50 bits per heavy atom. The number of amides is 1. The summed E-state index contributed by atoms with van der Waals surface area (Å²) < 4.78 is 19.1. The average molecular weight is 379 g/mol. The van der Waals surface area contributed by atoms with Crippen molar-refractivity contribution < 1.29 is 13.9 Å². The zero-order chi connectivity index (χ0) is 17.7. The Kier molecular flexibility index (Phi) is 7.14. The highest BCUT2D eigenvalue weighted by Gasteiger charge is 2.36. The summed E-state index contributed by atoms with van der Waals surface area (Å²) in [5, 5.41) is 3.11. The molecular weight excluding hydrogens is 355 g/mol. The van der Waals surface area contributed by atoms with Crippen molar-refractivity contribution >= 4 is 18.3 Å². The lowest BCUT2D eigenvalue weighted by Crippen LogP contribution is -2.50. The number of halogens is 2. The second kappa shape index (κ2) is 9.12. The van der Waals surface area contributed by atoms with Gasteiger partial charge in [0.25, 0.3) is 0 Å². The van der Waals surface area contributed by atoms with E-state index in [4.69, 9.17) is 10.5 Å². The number of hydrogen-bond acceptors (Lipinski definition) is 3. The number of benzene rings is 2. The minimum atomic E-state index is -0.603. The lowest BCUT2D eigenvalue weighted by molar-refractivity contribution is -0.124. The van der Waals surface area contributed by atoms with E-state index in [1.54, 1.807) is 6.07 Å². The molecule has 1 saturated heterocycles. The maximum Gasteiger partial charge on any atom is 0.222 e. The predicted octanol–water partition coefficient (Wildman–Crippen LogP) is 3.46. The fourth-order valence-electron chi connectivity index (χ4n) is 3.33. The second-order valence-electron chi connectivity index (χ2n) is 6.47. The van der Waals surface area contributed by atoms with Crippen LogP contribution >= 0.6 is 12.4 Å². The number of nitrogens with one attached hydrogen (secondary N) is 1. The second-order valence-corrected chi connectivity index (χ2v) is 6.47. The summed E-state index contributed by atoms with van der Waals surface area (Å²) in [7, 11) is 0. The van der Waals surface area contributed by atoms with E-state index in [-0.39, 0.29) is 36.6 Å². The number of carbonyl (C=O) groups is 1. The number of hydrogen-bond donors (Lipinski definition) is 2. The van der Waals surface area contributed by atoms with Gasteiger partial charge in [-0.1, -0.05) is 42.5 Å². The molecule has 0 aromatic heterocycles. The SMILES string of the molecule is Cl.NC(CC(=O)NC1(c2cccc(F)c2)CCOCC1)c1ccccc1. The highest BCUT2D eigenvalue weighted by Crippen LogP contribution is 2.33. The maximum atomic E-state index is 13.7. The molecule has 0 saturated carbocycles. The number of ether oxygens (including phenoxy) is 1. The van der Waals surface area contributed by atoms with Crippen LogP contribution in [0.25, 0.3) is 0 Å². The van der Waals surface area contributed by atoms with Crippen molar-refractivity contribution in [2.24, 2.45) is 5.73 Å². The van der Waals surface area contributed by atoms with Crippen LogP contribution in [0.2, 0.25) is 0 Å². The summed E-state index contributed by atoms with van der Waals surface area (Å²) in [5.41, 5.74) is 7.25. The zero-order valence-corrected chi connectivity index (χ0v) is 15.3. The third-order valence-electron chi connectivity index (χ3n) is 4.74. The molecule has 1 aliphatic rings. The van der Waals surface area contributed by atoms with Gasteiger partial charge in [0, 0.05) is 25.7 Å². The van der Waals surface area contributed by atoms with Gasteiger partial charge in [-0.3, -0.25) is 4.79 Å². The minimum Gasteiger partial charge on any atom is -0.381 e. The zero-order valence-electron chi connectivity index (χ0n) is 14.5. The van der Waals surface area contributed by atoms with E-state index in [1.165, 1.54) is 12.1 Å². The molecule has 2 aromatic rings. The van der Waals surface area contributed by atoms with Crippen LogP contribution in [-0.2, 0) is 15.1 Å². The fourth-order valence-corrected chi connectivity index (χ4v) is 3.33. The molecule has 2 aromatic carbocycles. The normalized spacial score (nSPS) is 17.0. The lowest BCUT2D eigenvalue weighted by Gasteiger charge is -2.39. The molecule has 0 radical (unpaired) electrons. The van der Waals surface area contributed by atoms with Gasteiger partial charge in [-0.05, 0) is 36.1 Å². The van der Waals surface area contributed by atoms with E-state index in [2.05, 4.69) is 5.32 Å². The first-order valence-electron chi connectivity index (χ1n) is 8.54. The van der Waals surface area contributed by atoms with E-state index < -0.39 is 5.54 Å². The molecule has 3 rings (SSSR count). The highest BCUT2D eigenvalue weighted by atomic mass is 35.5. The van der Waals surface area contributed by atoms with Gasteiger partial charge in [0.1, 0.15) is 5.82 Å². The Bertz CT molecular complexity index is 721. The minimum absolute atomic E-state index is 0. The number of nitrogens with two attached hydrogens (primary N) is 1. The predicted molar refractivity (Wildman–Crippen MR) is 102 cm³/mol. The third kappa shape index (κ3) is 4.81. The van der Waals surface area contributed by atoms with Crippen LogP contribution in [0.3, 0.4) is 0 Å². The largest absolute Gasteiger partial charge is 0.381 e. The van der Waals surface area contributed by atoms with Crippen LogP contribution in [0.15, 0.2) is 54.6 Å². The van der Waals surface area contributed by atoms with Gasteiger partial charge in [0.05, 0.1) is 5.54 Å². The van der Waals surface area contributed by atoms with Crippen molar-refractivity contribution in [2.75, 3.05) is 13.2 Å². The lowest BCUT2D eigenvalue weighted by atomic mass is 9.82. The molecule has 1 atom stereocenters. The molecule has 6 heteroatoms. The quantitative estimate of drug-likeness (QED) is 0.837. The van der Waals surface area contributed by atoms with Crippen molar-refractivity contribution in [3.8, 4) is 0 Å². The van der Waals surface area contributed by atoms with E-state index in [1.807, 2.05) is 36.4 Å². The maximum absolute atomic E-state index is 13.7. The van der Waals surface area contributed by atoms with Crippen LogP contribution in [0.1, 0.15) is 36.4 Å². The molecule has 140 valence electrons. The molecule has 3 N–H and O–H groups in total. The van der Waals surface area contributed by atoms with Crippen LogP contribution in [-0.4, -0.2) is 19.1 Å². The summed E-state index contributed by atoms with van der Waals surface area (Å²) in [6, 6.07) is 15.6. The molecular formula is C20H24ClFN2O2. The first-order chi connectivity index (χ1) is 12.1. The van der Waals surface area contributed by atoms with E-state index in [0.717, 1.165) is 11.1 Å². The molecule has 0 bridgehead atoms. The molecule has 1 unspecified atom stereocenters. The van der Waals surface area contributed by atoms with Crippen molar-refractivity contribution in [3.63, 3.8) is 0 Å². The van der Waals surface area contributed by atoms with Gasteiger partial charge in [-0.2, -0.15) is 0 Å². The van der Waals surface area contributed by atoms with Crippen LogP contribution in [0.5, 0.6) is 0 Å². The van der Waals surface area contributed by atoms with Gasteiger partial charge in [0.15, 0.2) is 0 Å². The fraction of sp³-hybridized carbons (Fsp3) is 0.350. The first-order valence-corrected chi connectivity index (χ1v) is 8.54. The molecule has 1 heterocycles. The smallest absolute Gasteiger partial charge is 0.222 e. The Hall–Kier alpha value is -1.95. The Balaban J connectivity index is 0.00000243. The van der Waals surface area contributed by atoms with Gasteiger partial charge in [-0.25, -0.2) is 4.39 Å². The number of carbonyl (C=O) groups excluding carboxylic acids is 1. The van der Waals surface area contributed by atoms with Gasteiger partial charge in [-0.15, -0.1) is 12.4 Å². The summed E-state index contributed by atoms with van der Waals surface area (Å²) in [6.45, 7) is 1.06. The van der Waals surface area contributed by atoms with E-state index in [9.17, 15) is 9.18 Å². The highest BCUT2D eigenvalue weighted by molar-refractivity contribution is 5.85. The average Bonchev–Trinajstić information content (AvgIpc) is 2.63. The van der Waals surface area contributed by atoms with Crippen LogP contribution in [0, 0.1) is 5.82 Å². The van der Waals surface area contributed by atoms with Gasteiger partial charge >= 0.3 is 0 Å². The van der Waals surface area contributed by atoms with Crippen molar-refractivity contribution in [1.29, 1.82) is 0 Å². The molecule has 0 spiro atoms. The summed E-state index contributed by atoms with van der Waals surface area (Å²) in [6.07, 6.45) is 1.41. The van der Waals surface area contributed by atoms with Crippen LogP contribution < -0.4 is 11.1 Å². The Morgan fingerprint density at radius 2 is 1.85 bits per heavy atom. The van der Waals surface area contributed by atoms with Gasteiger partial charge < -0.3 is 15.8 Å². The summed E-state index contributed by atoms with van der Waals surface area (Å²) in [4.78, 5) is 12.6. The molecule has 1 aliphatic heterocycles. The standard InChI is InChI=1S/C20H23FN2O2.ClH/c21-17-8-4-7-16(13-17)20(9-11-25-12-10-20)23-19(24)14-18(22)15-5-2-1-3-6-15;/h1-8,13,18H,9-12,14,22H2,(H,23,24);1H. The Labute approximate surface area is 159 Å². The van der Waals surface area contributed by atoms with Crippen LogP contribution in [0.4, 0.5) is 4.39 Å². The van der Waals surface area contributed by atoms with Crippen molar-refractivity contribution in [3.05, 3.63) is 71.5 Å².